The summed E-state index contributed by atoms with van der Waals surface area (Å²) >= 11 is 0. The molecule has 0 saturated carbocycles. The molecule has 0 bridgehead atoms. The van der Waals surface area contributed by atoms with Crippen molar-refractivity contribution in [1.82, 2.24) is 14.9 Å². The monoisotopic (exact) mass is 440 g/mol. The molecule has 11 heteroatoms. The summed E-state index contributed by atoms with van der Waals surface area (Å²) in [6, 6.07) is 4.02. The first-order valence-electron chi connectivity index (χ1n) is 9.75. The summed E-state index contributed by atoms with van der Waals surface area (Å²) in [4.78, 5) is 34.3. The van der Waals surface area contributed by atoms with Gasteiger partial charge in [0.05, 0.1) is 30.0 Å². The van der Waals surface area contributed by atoms with Crippen LogP contribution in [-0.2, 0) is 16.1 Å². The van der Waals surface area contributed by atoms with Gasteiger partial charge in [0.1, 0.15) is 17.8 Å². The minimum absolute atomic E-state index is 0.220. The Morgan fingerprint density at radius 1 is 1.23 bits per heavy atom. The van der Waals surface area contributed by atoms with E-state index in [1.54, 1.807) is 12.4 Å². The molecular formula is C20H23F3N4O4. The van der Waals surface area contributed by atoms with Gasteiger partial charge in [-0.1, -0.05) is 0 Å². The molecule has 2 aromatic heterocycles. The number of carbonyl (C=O) groups is 2. The van der Waals surface area contributed by atoms with Crippen molar-refractivity contribution in [3.8, 4) is 0 Å². The van der Waals surface area contributed by atoms with Crippen molar-refractivity contribution in [2.45, 2.75) is 38.9 Å². The first kappa shape index (κ1) is 22.7. The number of aryl methyl sites for hydroxylation is 1. The maximum atomic E-state index is 13.1. The number of aromatic nitrogens is 2. The summed E-state index contributed by atoms with van der Waals surface area (Å²) in [5.74, 6) is -0.627. The first-order valence-corrected chi connectivity index (χ1v) is 9.75. The van der Waals surface area contributed by atoms with Crippen LogP contribution in [0.25, 0.3) is 0 Å². The van der Waals surface area contributed by atoms with Crippen LogP contribution < -0.4 is 4.90 Å². The molecule has 2 aliphatic rings. The van der Waals surface area contributed by atoms with Crippen LogP contribution in [0.1, 0.15) is 30.8 Å². The van der Waals surface area contributed by atoms with E-state index in [0.29, 0.717) is 0 Å². The van der Waals surface area contributed by atoms with Crippen LogP contribution in [0.4, 0.5) is 18.9 Å². The molecule has 0 radical (unpaired) electrons. The Bertz CT molecular complexity index is 919. The van der Waals surface area contributed by atoms with E-state index in [2.05, 4.69) is 14.9 Å². The molecule has 8 nitrogen and oxygen atoms in total. The molecule has 2 fully saturated rings. The highest BCUT2D eigenvalue weighted by atomic mass is 19.4. The van der Waals surface area contributed by atoms with Gasteiger partial charge >= 0.3 is 12.1 Å². The zero-order valence-electron chi connectivity index (χ0n) is 16.9. The Morgan fingerprint density at radius 3 is 2.48 bits per heavy atom. The highest BCUT2D eigenvalue weighted by molar-refractivity contribution is 5.99. The van der Waals surface area contributed by atoms with Gasteiger partial charge in [0.25, 0.3) is 0 Å². The van der Waals surface area contributed by atoms with Crippen LogP contribution in [0, 0.1) is 12.3 Å². The fraction of sp³-hybridized carbons (Fsp3) is 0.500. The van der Waals surface area contributed by atoms with Crippen molar-refractivity contribution >= 4 is 17.6 Å². The summed E-state index contributed by atoms with van der Waals surface area (Å²) in [7, 11) is 0. The molecule has 1 spiro atoms. The van der Waals surface area contributed by atoms with Gasteiger partial charge in [-0.25, -0.2) is 14.8 Å². The highest BCUT2D eigenvalue weighted by Crippen LogP contribution is 2.41. The molecule has 1 unspecified atom stereocenters. The van der Waals surface area contributed by atoms with E-state index < -0.39 is 12.1 Å². The second-order valence-corrected chi connectivity index (χ2v) is 7.71. The van der Waals surface area contributed by atoms with E-state index in [1.807, 2.05) is 24.0 Å². The number of nitrogens with zero attached hydrogens (tertiary/aromatic N) is 4. The van der Waals surface area contributed by atoms with Gasteiger partial charge in [-0.15, -0.1) is 0 Å². The zero-order chi connectivity index (χ0) is 22.6. The number of carboxylic acids is 1. The molecule has 31 heavy (non-hydrogen) atoms. The van der Waals surface area contributed by atoms with Gasteiger partial charge in [-0.3, -0.25) is 9.69 Å². The van der Waals surface area contributed by atoms with E-state index in [9.17, 15) is 18.0 Å². The molecule has 1 amide bonds. The Balaban J connectivity index is 0.000000339. The van der Waals surface area contributed by atoms with Crippen LogP contribution in [0.3, 0.4) is 0 Å². The van der Waals surface area contributed by atoms with Gasteiger partial charge in [-0.05, 0) is 44.9 Å². The molecular weight excluding hydrogens is 417 g/mol. The number of anilines is 1. The lowest BCUT2D eigenvalue weighted by atomic mass is 9.78. The standard InChI is InChI=1S/C18H22N4O2.C2HF3O2/c1-14-3-4-16(24-14)11-21-7-2-5-18(12-21)6-8-22(17(18)23)15-9-19-13-20-10-15;3-2(4,5)1(6)7/h3-4,9-10,13H,2,5-8,11-12H2,1H3;(H,6,7). The van der Waals surface area contributed by atoms with Gasteiger partial charge < -0.3 is 14.4 Å². The Labute approximate surface area is 176 Å². The molecule has 0 aromatic carbocycles. The molecule has 168 valence electrons. The number of amides is 1. The largest absolute Gasteiger partial charge is 0.490 e. The highest BCUT2D eigenvalue weighted by Gasteiger charge is 2.49. The summed E-state index contributed by atoms with van der Waals surface area (Å²) in [5, 5.41) is 7.12. The predicted molar refractivity (Wildman–Crippen MR) is 103 cm³/mol. The van der Waals surface area contributed by atoms with Crippen LogP contribution in [-0.4, -0.2) is 57.7 Å². The number of piperidine rings is 1. The van der Waals surface area contributed by atoms with Crippen molar-refractivity contribution in [1.29, 1.82) is 0 Å². The van der Waals surface area contributed by atoms with Crippen molar-refractivity contribution in [2.24, 2.45) is 5.41 Å². The smallest absolute Gasteiger partial charge is 0.475 e. The van der Waals surface area contributed by atoms with Gasteiger partial charge in [0, 0.05) is 13.1 Å². The number of carboxylic acid groups (broad SMARTS) is 1. The third-order valence-corrected chi connectivity index (χ3v) is 5.45. The average molecular weight is 440 g/mol. The minimum Gasteiger partial charge on any atom is -0.475 e. The van der Waals surface area contributed by atoms with Crippen molar-refractivity contribution in [3.63, 3.8) is 0 Å². The second kappa shape index (κ2) is 9.04. The van der Waals surface area contributed by atoms with Crippen molar-refractivity contribution in [3.05, 3.63) is 42.4 Å². The Morgan fingerprint density at radius 2 is 1.90 bits per heavy atom. The Kier molecular flexibility index (Phi) is 6.63. The van der Waals surface area contributed by atoms with Gasteiger partial charge in [0.2, 0.25) is 5.91 Å². The SMILES string of the molecule is Cc1ccc(CN2CCCC3(CCN(c4cncnc4)C3=O)C2)o1.O=C(O)C(F)(F)F. The molecule has 2 saturated heterocycles. The lowest BCUT2D eigenvalue weighted by molar-refractivity contribution is -0.192. The summed E-state index contributed by atoms with van der Waals surface area (Å²) in [6.07, 6.45) is 2.75. The van der Waals surface area contributed by atoms with Crippen LogP contribution >= 0.6 is 0 Å². The molecule has 4 rings (SSSR count). The molecule has 4 heterocycles. The van der Waals surface area contributed by atoms with Crippen LogP contribution in [0.15, 0.2) is 35.3 Å². The van der Waals surface area contributed by atoms with E-state index in [0.717, 1.165) is 62.6 Å². The number of hydrogen-bond acceptors (Lipinski definition) is 6. The van der Waals surface area contributed by atoms with E-state index in [-0.39, 0.29) is 11.3 Å². The van der Waals surface area contributed by atoms with E-state index >= 15 is 0 Å². The quantitative estimate of drug-likeness (QED) is 0.783. The maximum absolute atomic E-state index is 13.1. The van der Waals surface area contributed by atoms with Crippen LogP contribution in [0.5, 0.6) is 0 Å². The third-order valence-electron chi connectivity index (χ3n) is 5.45. The molecule has 1 atom stereocenters. The van der Waals surface area contributed by atoms with Gasteiger partial charge in [-0.2, -0.15) is 13.2 Å². The van der Waals surface area contributed by atoms with Crippen LogP contribution in [0.2, 0.25) is 0 Å². The zero-order valence-corrected chi connectivity index (χ0v) is 16.9. The Hall–Kier alpha value is -2.95. The number of halogens is 3. The molecule has 2 aliphatic heterocycles. The van der Waals surface area contributed by atoms with Gasteiger partial charge in [0.15, 0.2) is 0 Å². The number of rotatable bonds is 3. The molecule has 0 aliphatic carbocycles. The number of carbonyl (C=O) groups excluding carboxylic acids is 1. The third kappa shape index (κ3) is 5.40. The summed E-state index contributed by atoms with van der Waals surface area (Å²) in [5.41, 5.74) is 0.536. The second-order valence-electron chi connectivity index (χ2n) is 7.71. The predicted octanol–water partition coefficient (Wildman–Crippen LogP) is 3.03. The minimum atomic E-state index is -5.08. The first-order chi connectivity index (χ1) is 14.6. The topological polar surface area (TPSA) is 99.8 Å². The van der Waals surface area contributed by atoms with E-state index in [4.69, 9.17) is 14.3 Å². The fourth-order valence-electron chi connectivity index (χ4n) is 4.03. The van der Waals surface area contributed by atoms with Crippen molar-refractivity contribution < 1.29 is 32.3 Å². The average Bonchev–Trinajstić information content (AvgIpc) is 3.26. The number of aliphatic carboxylic acids is 1. The normalized spacial score (nSPS) is 21.8. The lowest BCUT2D eigenvalue weighted by Gasteiger charge is -2.38. The maximum Gasteiger partial charge on any atom is 0.490 e. The number of hydrogen-bond donors (Lipinski definition) is 1. The molecule has 1 N–H and O–H groups in total. The van der Waals surface area contributed by atoms with Crippen molar-refractivity contribution in [2.75, 3.05) is 24.5 Å². The number of likely N-dealkylation sites (tertiary alicyclic amines) is 1. The summed E-state index contributed by atoms with van der Waals surface area (Å²) < 4.78 is 37.4. The lowest BCUT2D eigenvalue weighted by Crippen LogP contribution is -2.47. The summed E-state index contributed by atoms with van der Waals surface area (Å²) in [6.45, 7) is 5.30. The molecule has 2 aromatic rings. The van der Waals surface area contributed by atoms with E-state index in [1.165, 1.54) is 6.33 Å². The fourth-order valence-corrected chi connectivity index (χ4v) is 4.03. The number of alkyl halides is 3. The number of furan rings is 1.